The molecule has 0 bridgehead atoms. The predicted molar refractivity (Wildman–Crippen MR) is 42.5 cm³/mol. The SMILES string of the molecule is CC=CCOC(C)(C)C(=O)O. The Balaban J connectivity index is 3.82. The van der Waals surface area contributed by atoms with Gasteiger partial charge < -0.3 is 9.84 Å². The molecule has 64 valence electrons. The number of hydrogen-bond acceptors (Lipinski definition) is 2. The summed E-state index contributed by atoms with van der Waals surface area (Å²) in [5.41, 5.74) is -1.08. The van der Waals surface area contributed by atoms with Crippen LogP contribution in [0.2, 0.25) is 0 Å². The molecular weight excluding hydrogens is 144 g/mol. The van der Waals surface area contributed by atoms with Gasteiger partial charge in [0.25, 0.3) is 0 Å². The second kappa shape index (κ2) is 4.13. The molecule has 0 aliphatic rings. The average Bonchev–Trinajstić information content (AvgIpc) is 1.88. The molecule has 3 heteroatoms. The fourth-order valence-electron chi connectivity index (χ4n) is 0.414. The number of ether oxygens (including phenoxy) is 1. The van der Waals surface area contributed by atoms with Crippen molar-refractivity contribution in [2.24, 2.45) is 0 Å². The van der Waals surface area contributed by atoms with Crippen LogP contribution >= 0.6 is 0 Å². The fraction of sp³-hybridized carbons (Fsp3) is 0.625. The molecule has 0 radical (unpaired) electrons. The highest BCUT2D eigenvalue weighted by atomic mass is 16.5. The molecule has 0 fully saturated rings. The average molecular weight is 158 g/mol. The molecule has 1 N–H and O–H groups in total. The molecule has 11 heavy (non-hydrogen) atoms. The van der Waals surface area contributed by atoms with Crippen molar-refractivity contribution in [2.45, 2.75) is 26.4 Å². The van der Waals surface area contributed by atoms with Crippen LogP contribution in [0, 0.1) is 0 Å². The van der Waals surface area contributed by atoms with Gasteiger partial charge in [-0.2, -0.15) is 0 Å². The van der Waals surface area contributed by atoms with E-state index < -0.39 is 11.6 Å². The third-order valence-electron chi connectivity index (χ3n) is 1.29. The lowest BCUT2D eigenvalue weighted by Gasteiger charge is -2.18. The van der Waals surface area contributed by atoms with Crippen molar-refractivity contribution < 1.29 is 14.6 Å². The fourth-order valence-corrected chi connectivity index (χ4v) is 0.414. The van der Waals surface area contributed by atoms with Gasteiger partial charge in [0, 0.05) is 0 Å². The zero-order valence-corrected chi connectivity index (χ0v) is 7.13. The van der Waals surface area contributed by atoms with E-state index >= 15 is 0 Å². The first kappa shape index (κ1) is 10.2. The van der Waals surface area contributed by atoms with E-state index in [0.29, 0.717) is 6.61 Å². The Morgan fingerprint density at radius 1 is 1.64 bits per heavy atom. The minimum Gasteiger partial charge on any atom is -0.479 e. The van der Waals surface area contributed by atoms with Crippen molar-refractivity contribution in [2.75, 3.05) is 6.61 Å². The predicted octanol–water partition coefficient (Wildman–Crippen LogP) is 1.44. The summed E-state index contributed by atoms with van der Waals surface area (Å²) in [7, 11) is 0. The molecule has 0 aromatic carbocycles. The molecular formula is C8H14O3. The monoisotopic (exact) mass is 158 g/mol. The zero-order valence-electron chi connectivity index (χ0n) is 7.13. The lowest BCUT2D eigenvalue weighted by molar-refractivity contribution is -0.159. The molecule has 3 nitrogen and oxygen atoms in total. The van der Waals surface area contributed by atoms with Gasteiger partial charge in [-0.25, -0.2) is 4.79 Å². The largest absolute Gasteiger partial charge is 0.479 e. The van der Waals surface area contributed by atoms with Crippen LogP contribution in [0.15, 0.2) is 12.2 Å². The topological polar surface area (TPSA) is 46.5 Å². The van der Waals surface area contributed by atoms with Gasteiger partial charge in [0.05, 0.1) is 6.61 Å². The Bertz CT molecular complexity index is 159. The highest BCUT2D eigenvalue weighted by molar-refractivity contribution is 5.76. The van der Waals surface area contributed by atoms with Gasteiger partial charge in [0.1, 0.15) is 0 Å². The number of rotatable bonds is 4. The van der Waals surface area contributed by atoms with Crippen LogP contribution in [0.5, 0.6) is 0 Å². The maximum Gasteiger partial charge on any atom is 0.335 e. The molecule has 0 atom stereocenters. The van der Waals surface area contributed by atoms with Crippen molar-refractivity contribution in [3.05, 3.63) is 12.2 Å². The quantitative estimate of drug-likeness (QED) is 0.630. The maximum atomic E-state index is 10.5. The number of carboxylic acid groups (broad SMARTS) is 1. The number of allylic oxidation sites excluding steroid dienone is 1. The Hall–Kier alpha value is -0.830. The lowest BCUT2D eigenvalue weighted by atomic mass is 10.1. The lowest BCUT2D eigenvalue weighted by Crippen LogP contribution is -2.34. The van der Waals surface area contributed by atoms with Crippen molar-refractivity contribution in [3.8, 4) is 0 Å². The van der Waals surface area contributed by atoms with E-state index in [1.54, 1.807) is 6.08 Å². The Kier molecular flexibility index (Phi) is 3.82. The normalized spacial score (nSPS) is 12.3. The Morgan fingerprint density at radius 2 is 2.18 bits per heavy atom. The van der Waals surface area contributed by atoms with E-state index in [1.807, 2.05) is 13.0 Å². The summed E-state index contributed by atoms with van der Waals surface area (Å²) in [5.74, 6) is -0.943. The summed E-state index contributed by atoms with van der Waals surface area (Å²) in [6, 6.07) is 0. The van der Waals surface area contributed by atoms with Gasteiger partial charge in [-0.15, -0.1) is 0 Å². The van der Waals surface area contributed by atoms with Crippen LogP contribution in [0.25, 0.3) is 0 Å². The van der Waals surface area contributed by atoms with Crippen LogP contribution < -0.4 is 0 Å². The van der Waals surface area contributed by atoms with Gasteiger partial charge in [0.15, 0.2) is 5.60 Å². The summed E-state index contributed by atoms with van der Waals surface area (Å²) in [5, 5.41) is 8.59. The molecule has 0 amide bonds. The first-order valence-corrected chi connectivity index (χ1v) is 3.49. The summed E-state index contributed by atoms with van der Waals surface area (Å²) in [6.07, 6.45) is 3.59. The molecule has 0 aliphatic heterocycles. The van der Waals surface area contributed by atoms with Gasteiger partial charge in [-0.1, -0.05) is 12.2 Å². The van der Waals surface area contributed by atoms with E-state index in [0.717, 1.165) is 0 Å². The van der Waals surface area contributed by atoms with Gasteiger partial charge in [-0.3, -0.25) is 0 Å². The zero-order chi connectivity index (χ0) is 8.91. The van der Waals surface area contributed by atoms with Crippen LogP contribution in [0.1, 0.15) is 20.8 Å². The number of carbonyl (C=O) groups is 1. The number of hydrogen-bond donors (Lipinski definition) is 1. The van der Waals surface area contributed by atoms with Gasteiger partial charge >= 0.3 is 5.97 Å². The Morgan fingerprint density at radius 3 is 2.55 bits per heavy atom. The highest BCUT2D eigenvalue weighted by Crippen LogP contribution is 2.08. The van der Waals surface area contributed by atoms with E-state index in [1.165, 1.54) is 13.8 Å². The molecule has 0 aliphatic carbocycles. The summed E-state index contributed by atoms with van der Waals surface area (Å²) < 4.78 is 5.04. The molecule has 0 aromatic heterocycles. The third kappa shape index (κ3) is 3.78. The molecule has 0 spiro atoms. The molecule has 0 saturated carbocycles. The van der Waals surface area contributed by atoms with E-state index in [2.05, 4.69) is 0 Å². The van der Waals surface area contributed by atoms with Crippen LogP contribution in [-0.4, -0.2) is 23.3 Å². The van der Waals surface area contributed by atoms with E-state index in [-0.39, 0.29) is 0 Å². The summed E-state index contributed by atoms with van der Waals surface area (Å²) >= 11 is 0. The second-order valence-corrected chi connectivity index (χ2v) is 2.70. The molecule has 0 heterocycles. The minimum absolute atomic E-state index is 0.343. The van der Waals surface area contributed by atoms with Gasteiger partial charge in [0.2, 0.25) is 0 Å². The molecule has 0 saturated heterocycles. The van der Waals surface area contributed by atoms with Crippen molar-refractivity contribution in [3.63, 3.8) is 0 Å². The van der Waals surface area contributed by atoms with Crippen molar-refractivity contribution in [1.29, 1.82) is 0 Å². The van der Waals surface area contributed by atoms with Gasteiger partial charge in [-0.05, 0) is 20.8 Å². The third-order valence-corrected chi connectivity index (χ3v) is 1.29. The van der Waals surface area contributed by atoms with Crippen molar-refractivity contribution >= 4 is 5.97 Å². The summed E-state index contributed by atoms with van der Waals surface area (Å²) in [4.78, 5) is 10.5. The second-order valence-electron chi connectivity index (χ2n) is 2.70. The standard InChI is InChI=1S/C8H14O3/c1-4-5-6-11-8(2,3)7(9)10/h4-5H,6H2,1-3H3,(H,9,10). The molecule has 0 rings (SSSR count). The smallest absolute Gasteiger partial charge is 0.335 e. The number of aliphatic carboxylic acids is 1. The first-order valence-electron chi connectivity index (χ1n) is 3.49. The maximum absolute atomic E-state index is 10.5. The van der Waals surface area contributed by atoms with Crippen LogP contribution in [0.4, 0.5) is 0 Å². The van der Waals surface area contributed by atoms with Crippen LogP contribution in [0.3, 0.4) is 0 Å². The first-order chi connectivity index (χ1) is 5.00. The number of carboxylic acids is 1. The van der Waals surface area contributed by atoms with Crippen molar-refractivity contribution in [1.82, 2.24) is 0 Å². The van der Waals surface area contributed by atoms with E-state index in [9.17, 15) is 4.79 Å². The van der Waals surface area contributed by atoms with E-state index in [4.69, 9.17) is 9.84 Å². The highest BCUT2D eigenvalue weighted by Gasteiger charge is 2.26. The van der Waals surface area contributed by atoms with Crippen LogP contribution in [-0.2, 0) is 9.53 Å². The molecule has 0 unspecified atom stereocenters. The Labute approximate surface area is 66.7 Å². The summed E-state index contributed by atoms with van der Waals surface area (Å²) in [6.45, 7) is 5.25. The molecule has 0 aromatic rings. The minimum atomic E-state index is -1.08.